The van der Waals surface area contributed by atoms with Gasteiger partial charge in [0.1, 0.15) is 11.6 Å². The highest BCUT2D eigenvalue weighted by molar-refractivity contribution is 5.31. The van der Waals surface area contributed by atoms with Crippen molar-refractivity contribution in [3.63, 3.8) is 0 Å². The van der Waals surface area contributed by atoms with Crippen LogP contribution in [0.4, 0.5) is 4.39 Å². The van der Waals surface area contributed by atoms with Crippen molar-refractivity contribution in [2.45, 2.75) is 39.8 Å². The van der Waals surface area contributed by atoms with Crippen LogP contribution in [0.5, 0.6) is 11.6 Å². The molecule has 0 saturated carbocycles. The summed E-state index contributed by atoms with van der Waals surface area (Å²) < 4.78 is 19.0. The minimum absolute atomic E-state index is 0.0641. The molecule has 2 rings (SSSR count). The van der Waals surface area contributed by atoms with Gasteiger partial charge in [0.25, 0.3) is 0 Å². The lowest BCUT2D eigenvalue weighted by Crippen LogP contribution is -2.35. The molecule has 1 N–H and O–H groups in total. The topological polar surface area (TPSA) is 34.1 Å². The minimum atomic E-state index is -0.279. The van der Waals surface area contributed by atoms with Gasteiger partial charge in [-0.05, 0) is 44.9 Å². The molecule has 21 heavy (non-hydrogen) atoms. The summed E-state index contributed by atoms with van der Waals surface area (Å²) in [7, 11) is 0. The first-order valence-electron chi connectivity index (χ1n) is 6.97. The SMILES string of the molecule is Cc1ccc(Oc2ccc(CNC(C)(C)C)cn2)cc1F. The predicted octanol–water partition coefficient (Wildman–Crippen LogP) is 4.21. The molecule has 2 aromatic rings. The Labute approximate surface area is 125 Å². The number of hydrogen-bond acceptors (Lipinski definition) is 3. The van der Waals surface area contributed by atoms with Gasteiger partial charge in [0.2, 0.25) is 5.88 Å². The number of halogens is 1. The number of hydrogen-bond donors (Lipinski definition) is 1. The maximum atomic E-state index is 13.4. The van der Waals surface area contributed by atoms with E-state index in [-0.39, 0.29) is 11.4 Å². The molecule has 0 atom stereocenters. The van der Waals surface area contributed by atoms with Crippen molar-refractivity contribution in [3.8, 4) is 11.6 Å². The van der Waals surface area contributed by atoms with Crippen LogP contribution in [0, 0.1) is 12.7 Å². The summed E-state index contributed by atoms with van der Waals surface area (Å²) >= 11 is 0. The highest BCUT2D eigenvalue weighted by Crippen LogP contribution is 2.21. The van der Waals surface area contributed by atoms with Gasteiger partial charge in [-0.1, -0.05) is 12.1 Å². The Morgan fingerprint density at radius 3 is 2.52 bits per heavy atom. The first kappa shape index (κ1) is 15.4. The van der Waals surface area contributed by atoms with E-state index in [4.69, 9.17) is 4.74 Å². The van der Waals surface area contributed by atoms with E-state index in [0.29, 0.717) is 17.2 Å². The Hall–Kier alpha value is -1.94. The van der Waals surface area contributed by atoms with Gasteiger partial charge in [0.15, 0.2) is 0 Å². The Morgan fingerprint density at radius 1 is 1.19 bits per heavy atom. The van der Waals surface area contributed by atoms with E-state index in [0.717, 1.165) is 12.1 Å². The Bertz CT molecular complexity index is 603. The van der Waals surface area contributed by atoms with Crippen molar-refractivity contribution in [3.05, 3.63) is 53.5 Å². The lowest BCUT2D eigenvalue weighted by atomic mass is 10.1. The third-order valence-corrected chi connectivity index (χ3v) is 2.99. The molecule has 3 nitrogen and oxygen atoms in total. The van der Waals surface area contributed by atoms with Crippen molar-refractivity contribution < 1.29 is 9.13 Å². The van der Waals surface area contributed by atoms with Gasteiger partial charge in [-0.3, -0.25) is 0 Å². The van der Waals surface area contributed by atoms with Gasteiger partial charge >= 0.3 is 0 Å². The average molecular weight is 288 g/mol. The number of benzene rings is 1. The van der Waals surface area contributed by atoms with E-state index in [1.807, 2.05) is 6.07 Å². The van der Waals surface area contributed by atoms with Gasteiger partial charge in [-0.25, -0.2) is 9.37 Å². The number of ether oxygens (including phenoxy) is 1. The molecule has 112 valence electrons. The van der Waals surface area contributed by atoms with Crippen LogP contribution in [0.3, 0.4) is 0 Å². The van der Waals surface area contributed by atoms with Gasteiger partial charge < -0.3 is 10.1 Å². The van der Waals surface area contributed by atoms with Gasteiger partial charge in [0, 0.05) is 30.4 Å². The third kappa shape index (κ3) is 4.83. The van der Waals surface area contributed by atoms with E-state index < -0.39 is 0 Å². The fourth-order valence-corrected chi connectivity index (χ4v) is 1.70. The highest BCUT2D eigenvalue weighted by atomic mass is 19.1. The summed E-state index contributed by atoms with van der Waals surface area (Å²) in [6.45, 7) is 8.81. The van der Waals surface area contributed by atoms with Crippen LogP contribution in [0.1, 0.15) is 31.9 Å². The molecule has 1 aromatic heterocycles. The second-order valence-electron chi connectivity index (χ2n) is 6.12. The number of aryl methyl sites for hydroxylation is 1. The number of pyridine rings is 1. The van der Waals surface area contributed by atoms with Crippen molar-refractivity contribution in [1.82, 2.24) is 10.3 Å². The standard InChI is InChI=1S/C17H21FN2O/c1-12-5-7-14(9-15(12)18)21-16-8-6-13(10-19-16)11-20-17(2,3)4/h5-10,20H,11H2,1-4H3. The van der Waals surface area contributed by atoms with E-state index in [9.17, 15) is 4.39 Å². The molecule has 0 spiro atoms. The van der Waals surface area contributed by atoms with Crippen LogP contribution < -0.4 is 10.1 Å². The summed E-state index contributed by atoms with van der Waals surface area (Å²) in [6, 6.07) is 8.52. The van der Waals surface area contributed by atoms with Crippen LogP contribution in [0.25, 0.3) is 0 Å². The number of nitrogens with zero attached hydrogens (tertiary/aromatic N) is 1. The molecule has 0 aliphatic heterocycles. The zero-order chi connectivity index (χ0) is 15.5. The van der Waals surface area contributed by atoms with Crippen LogP contribution in [0.2, 0.25) is 0 Å². The molecule has 0 fully saturated rings. The quantitative estimate of drug-likeness (QED) is 0.915. The molecular formula is C17H21FN2O. The molecule has 0 aliphatic carbocycles. The molecule has 0 bridgehead atoms. The largest absolute Gasteiger partial charge is 0.439 e. The van der Waals surface area contributed by atoms with Crippen LogP contribution in [-0.4, -0.2) is 10.5 Å². The number of rotatable bonds is 4. The molecule has 1 aromatic carbocycles. The smallest absolute Gasteiger partial charge is 0.219 e. The summed E-state index contributed by atoms with van der Waals surface area (Å²) in [6.07, 6.45) is 1.76. The second-order valence-corrected chi connectivity index (χ2v) is 6.12. The number of aromatic nitrogens is 1. The third-order valence-electron chi connectivity index (χ3n) is 2.99. The fourth-order valence-electron chi connectivity index (χ4n) is 1.70. The van der Waals surface area contributed by atoms with Gasteiger partial charge in [-0.2, -0.15) is 0 Å². The molecule has 0 aliphatic rings. The normalized spacial score (nSPS) is 11.5. The summed E-state index contributed by atoms with van der Waals surface area (Å²) in [5, 5.41) is 3.39. The van der Waals surface area contributed by atoms with Gasteiger partial charge in [-0.15, -0.1) is 0 Å². The molecule has 1 heterocycles. The first-order chi connectivity index (χ1) is 9.83. The maximum absolute atomic E-state index is 13.4. The minimum Gasteiger partial charge on any atom is -0.439 e. The van der Waals surface area contributed by atoms with Crippen LogP contribution in [-0.2, 0) is 6.54 Å². The molecule has 0 saturated heterocycles. The van der Waals surface area contributed by atoms with Crippen LogP contribution >= 0.6 is 0 Å². The predicted molar refractivity (Wildman–Crippen MR) is 82.0 cm³/mol. The second kappa shape index (κ2) is 6.22. The zero-order valence-corrected chi connectivity index (χ0v) is 12.9. The lowest BCUT2D eigenvalue weighted by Gasteiger charge is -2.20. The highest BCUT2D eigenvalue weighted by Gasteiger charge is 2.08. The average Bonchev–Trinajstić information content (AvgIpc) is 2.41. The van der Waals surface area contributed by atoms with Gasteiger partial charge in [0.05, 0.1) is 0 Å². The fraction of sp³-hybridized carbons (Fsp3) is 0.353. The molecule has 4 heteroatoms. The van der Waals surface area contributed by atoms with Crippen LogP contribution in [0.15, 0.2) is 36.5 Å². The zero-order valence-electron chi connectivity index (χ0n) is 12.9. The Balaban J connectivity index is 2.00. The summed E-state index contributed by atoms with van der Waals surface area (Å²) in [5.41, 5.74) is 1.74. The van der Waals surface area contributed by atoms with E-state index >= 15 is 0 Å². The Kier molecular flexibility index (Phi) is 4.58. The first-order valence-corrected chi connectivity index (χ1v) is 6.97. The molecule has 0 unspecified atom stereocenters. The summed E-state index contributed by atoms with van der Waals surface area (Å²) in [5.74, 6) is 0.627. The maximum Gasteiger partial charge on any atom is 0.219 e. The molecule has 0 radical (unpaired) electrons. The summed E-state index contributed by atoms with van der Waals surface area (Å²) in [4.78, 5) is 4.24. The molecular weight excluding hydrogens is 267 g/mol. The van der Waals surface area contributed by atoms with E-state index in [1.54, 1.807) is 31.3 Å². The van der Waals surface area contributed by atoms with Crippen molar-refractivity contribution in [1.29, 1.82) is 0 Å². The Morgan fingerprint density at radius 2 is 1.95 bits per heavy atom. The number of nitrogens with one attached hydrogen (secondary N) is 1. The molecule has 0 amide bonds. The van der Waals surface area contributed by atoms with E-state index in [1.165, 1.54) is 6.07 Å². The monoisotopic (exact) mass is 288 g/mol. The van der Waals surface area contributed by atoms with E-state index in [2.05, 4.69) is 31.1 Å². The van der Waals surface area contributed by atoms with Crippen molar-refractivity contribution in [2.75, 3.05) is 0 Å². The van der Waals surface area contributed by atoms with Crippen molar-refractivity contribution in [2.24, 2.45) is 0 Å². The lowest BCUT2D eigenvalue weighted by molar-refractivity contribution is 0.423. The van der Waals surface area contributed by atoms with Crippen molar-refractivity contribution >= 4 is 0 Å².